The SMILES string of the molecule is CCCCN(C(=O)C1CSCN1)C1CCS(=O)(=O)C1. The Morgan fingerprint density at radius 3 is 2.79 bits per heavy atom. The van der Waals surface area contributed by atoms with E-state index in [1.54, 1.807) is 11.8 Å². The summed E-state index contributed by atoms with van der Waals surface area (Å²) in [6.45, 7) is 2.76. The molecule has 7 heteroatoms. The zero-order valence-corrected chi connectivity index (χ0v) is 12.9. The first-order chi connectivity index (χ1) is 9.03. The molecule has 0 aromatic heterocycles. The van der Waals surface area contributed by atoms with Crippen LogP contribution in [0.25, 0.3) is 0 Å². The topological polar surface area (TPSA) is 66.5 Å². The molecule has 2 heterocycles. The largest absolute Gasteiger partial charge is 0.337 e. The Morgan fingerprint density at radius 2 is 2.26 bits per heavy atom. The van der Waals surface area contributed by atoms with E-state index in [2.05, 4.69) is 12.2 Å². The van der Waals surface area contributed by atoms with E-state index in [9.17, 15) is 13.2 Å². The molecular weight excluding hydrogens is 284 g/mol. The number of carbonyl (C=O) groups is 1. The van der Waals surface area contributed by atoms with Crippen LogP contribution in [0.5, 0.6) is 0 Å². The molecule has 2 aliphatic rings. The van der Waals surface area contributed by atoms with E-state index in [0.717, 1.165) is 24.5 Å². The van der Waals surface area contributed by atoms with E-state index in [-0.39, 0.29) is 29.5 Å². The lowest BCUT2D eigenvalue weighted by Crippen LogP contribution is -2.50. The van der Waals surface area contributed by atoms with Gasteiger partial charge in [0.05, 0.1) is 17.5 Å². The molecule has 5 nitrogen and oxygen atoms in total. The lowest BCUT2D eigenvalue weighted by atomic mass is 10.1. The third kappa shape index (κ3) is 3.86. The van der Waals surface area contributed by atoms with E-state index >= 15 is 0 Å². The molecule has 1 N–H and O–H groups in total. The van der Waals surface area contributed by atoms with Gasteiger partial charge in [-0.15, -0.1) is 11.8 Å². The van der Waals surface area contributed by atoms with Crippen molar-refractivity contribution in [2.24, 2.45) is 0 Å². The highest BCUT2D eigenvalue weighted by atomic mass is 32.2. The lowest BCUT2D eigenvalue weighted by molar-refractivity contribution is -0.134. The van der Waals surface area contributed by atoms with E-state index in [1.165, 1.54) is 0 Å². The first-order valence-electron chi connectivity index (χ1n) is 6.85. The van der Waals surface area contributed by atoms with Crippen LogP contribution >= 0.6 is 11.8 Å². The van der Waals surface area contributed by atoms with Crippen LogP contribution in [-0.4, -0.2) is 61.0 Å². The van der Waals surface area contributed by atoms with Gasteiger partial charge < -0.3 is 4.90 Å². The summed E-state index contributed by atoms with van der Waals surface area (Å²) >= 11 is 1.72. The van der Waals surface area contributed by atoms with Gasteiger partial charge in [-0.3, -0.25) is 10.1 Å². The number of rotatable bonds is 5. The monoisotopic (exact) mass is 306 g/mol. The quantitative estimate of drug-likeness (QED) is 0.799. The fourth-order valence-corrected chi connectivity index (χ4v) is 5.24. The summed E-state index contributed by atoms with van der Waals surface area (Å²) in [4.78, 5) is 14.3. The Bertz CT molecular complexity index is 419. The maximum Gasteiger partial charge on any atom is 0.240 e. The van der Waals surface area contributed by atoms with Crippen LogP contribution in [0.1, 0.15) is 26.2 Å². The van der Waals surface area contributed by atoms with Crippen LogP contribution in [0.15, 0.2) is 0 Å². The van der Waals surface area contributed by atoms with Gasteiger partial charge in [-0.2, -0.15) is 0 Å². The molecule has 2 aliphatic heterocycles. The summed E-state index contributed by atoms with van der Waals surface area (Å²) in [6.07, 6.45) is 2.54. The molecule has 0 spiro atoms. The molecule has 0 aliphatic carbocycles. The summed E-state index contributed by atoms with van der Waals surface area (Å²) in [5.41, 5.74) is 0. The van der Waals surface area contributed by atoms with Crippen LogP contribution < -0.4 is 5.32 Å². The minimum absolute atomic E-state index is 0.0838. The first kappa shape index (κ1) is 15.1. The number of sulfone groups is 1. The van der Waals surface area contributed by atoms with Gasteiger partial charge in [0.2, 0.25) is 5.91 Å². The summed E-state index contributed by atoms with van der Waals surface area (Å²) in [5.74, 6) is 2.05. The van der Waals surface area contributed by atoms with Crippen molar-refractivity contribution in [1.82, 2.24) is 10.2 Å². The van der Waals surface area contributed by atoms with Gasteiger partial charge >= 0.3 is 0 Å². The van der Waals surface area contributed by atoms with Crippen LogP contribution in [0.2, 0.25) is 0 Å². The van der Waals surface area contributed by atoms with Crippen LogP contribution in [0.4, 0.5) is 0 Å². The average molecular weight is 306 g/mol. The van der Waals surface area contributed by atoms with Crippen molar-refractivity contribution in [3.63, 3.8) is 0 Å². The van der Waals surface area contributed by atoms with Crippen LogP contribution in [-0.2, 0) is 14.6 Å². The van der Waals surface area contributed by atoms with E-state index < -0.39 is 9.84 Å². The van der Waals surface area contributed by atoms with Gasteiger partial charge in [0.25, 0.3) is 0 Å². The molecule has 1 amide bonds. The summed E-state index contributed by atoms with van der Waals surface area (Å²) < 4.78 is 23.2. The maximum atomic E-state index is 12.5. The molecule has 0 aromatic carbocycles. The predicted octanol–water partition coefficient (Wildman–Crippen LogP) is 0.465. The number of hydrogen-bond donors (Lipinski definition) is 1. The smallest absolute Gasteiger partial charge is 0.240 e. The molecule has 110 valence electrons. The minimum atomic E-state index is -2.94. The number of unbranched alkanes of at least 4 members (excludes halogenated alkanes) is 1. The number of nitrogens with one attached hydrogen (secondary N) is 1. The Hall–Kier alpha value is -0.270. The average Bonchev–Trinajstić information content (AvgIpc) is 2.99. The number of hydrogen-bond acceptors (Lipinski definition) is 5. The number of nitrogens with zero attached hydrogens (tertiary/aromatic N) is 1. The molecule has 19 heavy (non-hydrogen) atoms. The second kappa shape index (κ2) is 6.45. The fraction of sp³-hybridized carbons (Fsp3) is 0.917. The fourth-order valence-electron chi connectivity index (χ4n) is 2.58. The molecule has 0 saturated carbocycles. The standard InChI is InChI=1S/C12H22N2O3S2/c1-2-3-5-14(10-4-6-19(16,17)8-10)12(15)11-7-18-9-13-11/h10-11,13H,2-9H2,1H3. The van der Waals surface area contributed by atoms with E-state index in [1.807, 2.05) is 4.90 Å². The second-order valence-electron chi connectivity index (χ2n) is 5.21. The second-order valence-corrected chi connectivity index (χ2v) is 8.47. The van der Waals surface area contributed by atoms with Gasteiger partial charge in [-0.05, 0) is 12.8 Å². The van der Waals surface area contributed by atoms with Crippen LogP contribution in [0, 0.1) is 0 Å². The lowest BCUT2D eigenvalue weighted by Gasteiger charge is -2.30. The number of amides is 1. The summed E-state index contributed by atoms with van der Waals surface area (Å²) in [5, 5.41) is 3.18. The number of carbonyl (C=O) groups excluding carboxylic acids is 1. The van der Waals surface area contributed by atoms with Gasteiger partial charge in [0.15, 0.2) is 9.84 Å². The summed E-state index contributed by atoms with van der Waals surface area (Å²) in [6, 6.07) is -0.249. The van der Waals surface area contributed by atoms with Crippen molar-refractivity contribution in [3.8, 4) is 0 Å². The van der Waals surface area contributed by atoms with E-state index in [4.69, 9.17) is 0 Å². The first-order valence-corrected chi connectivity index (χ1v) is 9.83. The molecule has 0 bridgehead atoms. The molecule has 2 rings (SSSR count). The van der Waals surface area contributed by atoms with Gasteiger partial charge in [0, 0.05) is 24.2 Å². The van der Waals surface area contributed by atoms with Crippen molar-refractivity contribution in [2.75, 3.05) is 29.7 Å². The van der Waals surface area contributed by atoms with Crippen molar-refractivity contribution in [3.05, 3.63) is 0 Å². The Labute approximate surface area is 119 Å². The van der Waals surface area contributed by atoms with Crippen molar-refractivity contribution >= 4 is 27.5 Å². The molecule has 0 aromatic rings. The number of thioether (sulfide) groups is 1. The molecule has 2 saturated heterocycles. The Kier molecular flexibility index (Phi) is 5.14. The highest BCUT2D eigenvalue weighted by molar-refractivity contribution is 7.99. The molecule has 2 fully saturated rings. The van der Waals surface area contributed by atoms with Gasteiger partial charge in [-0.1, -0.05) is 13.3 Å². The minimum Gasteiger partial charge on any atom is -0.337 e. The third-order valence-electron chi connectivity index (χ3n) is 3.70. The zero-order chi connectivity index (χ0) is 13.9. The summed E-state index contributed by atoms with van der Waals surface area (Å²) in [7, 11) is -2.94. The van der Waals surface area contributed by atoms with Gasteiger partial charge in [0.1, 0.15) is 0 Å². The molecule has 2 atom stereocenters. The highest BCUT2D eigenvalue weighted by Gasteiger charge is 2.37. The third-order valence-corrected chi connectivity index (χ3v) is 6.39. The van der Waals surface area contributed by atoms with Crippen molar-refractivity contribution < 1.29 is 13.2 Å². The highest BCUT2D eigenvalue weighted by Crippen LogP contribution is 2.21. The molecular formula is C12H22N2O3S2. The molecule has 0 radical (unpaired) electrons. The Morgan fingerprint density at radius 1 is 1.47 bits per heavy atom. The van der Waals surface area contributed by atoms with Crippen molar-refractivity contribution in [2.45, 2.75) is 38.3 Å². The van der Waals surface area contributed by atoms with Crippen LogP contribution in [0.3, 0.4) is 0 Å². The molecule has 2 unspecified atom stereocenters. The zero-order valence-electron chi connectivity index (χ0n) is 11.3. The van der Waals surface area contributed by atoms with Gasteiger partial charge in [-0.25, -0.2) is 8.42 Å². The predicted molar refractivity (Wildman–Crippen MR) is 77.9 cm³/mol. The maximum absolute atomic E-state index is 12.5. The van der Waals surface area contributed by atoms with E-state index in [0.29, 0.717) is 13.0 Å². The van der Waals surface area contributed by atoms with Crippen molar-refractivity contribution in [1.29, 1.82) is 0 Å². The normalized spacial score (nSPS) is 29.5. The Balaban J connectivity index is 2.04.